The summed E-state index contributed by atoms with van der Waals surface area (Å²) < 4.78 is 5.26. The van der Waals surface area contributed by atoms with E-state index in [4.69, 9.17) is 32.9 Å². The number of halogens is 2. The van der Waals surface area contributed by atoms with Crippen molar-refractivity contribution in [1.82, 2.24) is 15.3 Å². The number of nitrogens with zero attached hydrogens (tertiary/aromatic N) is 4. The molecule has 1 aromatic heterocycles. The van der Waals surface area contributed by atoms with E-state index in [-0.39, 0.29) is 12.3 Å². The van der Waals surface area contributed by atoms with E-state index in [0.29, 0.717) is 65.3 Å². The molecule has 1 N–H and O–H groups in total. The highest BCUT2D eigenvalue weighted by molar-refractivity contribution is 6.43. The normalized spacial score (nSPS) is 15.4. The summed E-state index contributed by atoms with van der Waals surface area (Å²) in [5.74, 6) is -0.0782. The first-order chi connectivity index (χ1) is 14.9. The highest BCUT2D eigenvalue weighted by Gasteiger charge is 2.36. The van der Waals surface area contributed by atoms with Crippen molar-refractivity contribution in [2.45, 2.75) is 26.7 Å². The second-order valence-electron chi connectivity index (χ2n) is 7.56. The van der Waals surface area contributed by atoms with E-state index in [1.807, 2.05) is 18.9 Å². The molecule has 31 heavy (non-hydrogen) atoms. The van der Waals surface area contributed by atoms with E-state index in [0.717, 1.165) is 0 Å². The van der Waals surface area contributed by atoms with Crippen LogP contribution in [0.15, 0.2) is 18.2 Å². The SMILES string of the molecule is CCOC(=O)c1nc(-c2cccc(Cl)c2Cl)c(C)nc1N1CCC(C#N)(CNC)CC1. The Kier molecular flexibility index (Phi) is 7.37. The maximum absolute atomic E-state index is 12.8. The van der Waals surface area contributed by atoms with Crippen molar-refractivity contribution in [2.24, 2.45) is 5.41 Å². The van der Waals surface area contributed by atoms with Crippen molar-refractivity contribution in [3.05, 3.63) is 39.6 Å². The maximum atomic E-state index is 12.8. The van der Waals surface area contributed by atoms with E-state index >= 15 is 0 Å². The molecule has 0 saturated carbocycles. The Morgan fingerprint density at radius 2 is 2.03 bits per heavy atom. The van der Waals surface area contributed by atoms with E-state index in [2.05, 4.69) is 16.4 Å². The Hall–Kier alpha value is -2.40. The molecule has 0 unspecified atom stereocenters. The zero-order valence-corrected chi connectivity index (χ0v) is 19.3. The number of nitrogens with one attached hydrogen (secondary N) is 1. The lowest BCUT2D eigenvalue weighted by Crippen LogP contribution is -2.44. The van der Waals surface area contributed by atoms with Crippen molar-refractivity contribution in [1.29, 1.82) is 5.26 Å². The monoisotopic (exact) mass is 461 g/mol. The van der Waals surface area contributed by atoms with Crippen molar-refractivity contribution >= 4 is 35.0 Å². The van der Waals surface area contributed by atoms with Crippen LogP contribution in [0.3, 0.4) is 0 Å². The molecule has 1 fully saturated rings. The minimum absolute atomic E-state index is 0.136. The summed E-state index contributed by atoms with van der Waals surface area (Å²) in [5, 5.41) is 13.5. The van der Waals surface area contributed by atoms with E-state index < -0.39 is 11.4 Å². The molecule has 1 aliphatic heterocycles. The number of aryl methyl sites for hydroxylation is 1. The molecule has 2 aromatic rings. The third-order valence-electron chi connectivity index (χ3n) is 5.50. The van der Waals surface area contributed by atoms with Crippen LogP contribution in [0.25, 0.3) is 11.3 Å². The zero-order valence-electron chi connectivity index (χ0n) is 17.8. The van der Waals surface area contributed by atoms with Crippen LogP contribution in [0, 0.1) is 23.7 Å². The quantitative estimate of drug-likeness (QED) is 0.642. The van der Waals surface area contributed by atoms with Crippen LogP contribution in [-0.4, -0.2) is 49.2 Å². The average Bonchev–Trinajstić information content (AvgIpc) is 2.76. The summed E-state index contributed by atoms with van der Waals surface area (Å²) in [4.78, 5) is 24.1. The maximum Gasteiger partial charge on any atom is 0.360 e. The molecule has 1 saturated heterocycles. The fourth-order valence-electron chi connectivity index (χ4n) is 3.82. The number of nitriles is 1. The smallest absolute Gasteiger partial charge is 0.360 e. The van der Waals surface area contributed by atoms with Crippen molar-refractivity contribution < 1.29 is 9.53 Å². The van der Waals surface area contributed by atoms with Gasteiger partial charge in [0.25, 0.3) is 0 Å². The van der Waals surface area contributed by atoms with Gasteiger partial charge in [-0.05, 0) is 39.8 Å². The fraction of sp³-hybridized carbons (Fsp3) is 0.455. The van der Waals surface area contributed by atoms with Crippen LogP contribution in [-0.2, 0) is 4.74 Å². The summed E-state index contributed by atoms with van der Waals surface area (Å²) >= 11 is 12.6. The molecule has 9 heteroatoms. The van der Waals surface area contributed by atoms with Crippen LogP contribution in [0.2, 0.25) is 10.0 Å². The van der Waals surface area contributed by atoms with E-state index in [1.165, 1.54) is 0 Å². The van der Waals surface area contributed by atoms with Crippen LogP contribution in [0.5, 0.6) is 0 Å². The molecular formula is C22H25Cl2N5O2. The summed E-state index contributed by atoms with van der Waals surface area (Å²) in [6, 6.07) is 7.71. The Balaban J connectivity index is 2.03. The van der Waals surface area contributed by atoms with Gasteiger partial charge in [-0.25, -0.2) is 14.8 Å². The number of piperidine rings is 1. The molecule has 1 aliphatic rings. The number of esters is 1. The average molecular weight is 462 g/mol. The number of rotatable bonds is 6. The van der Waals surface area contributed by atoms with Gasteiger partial charge in [-0.1, -0.05) is 35.3 Å². The number of carbonyl (C=O) groups excluding carboxylic acids is 1. The molecule has 3 rings (SSSR count). The number of carbonyl (C=O) groups is 1. The van der Waals surface area contributed by atoms with Crippen LogP contribution in [0.1, 0.15) is 35.9 Å². The standard InChI is InChI=1S/C22H25Cl2N5O2/c1-4-31-21(30)19-20(29-10-8-22(12-25,9-11-29)13-26-3)27-14(2)18(28-19)15-6-5-7-16(23)17(15)24/h5-7,26H,4,8-11,13H2,1-3H3. The molecule has 0 amide bonds. The third kappa shape index (κ3) is 4.77. The topological polar surface area (TPSA) is 91.1 Å². The van der Waals surface area contributed by atoms with Gasteiger partial charge in [-0.3, -0.25) is 0 Å². The Labute approximate surface area is 192 Å². The zero-order chi connectivity index (χ0) is 22.6. The predicted molar refractivity (Wildman–Crippen MR) is 122 cm³/mol. The molecule has 0 radical (unpaired) electrons. The molecule has 7 nitrogen and oxygen atoms in total. The van der Waals surface area contributed by atoms with Crippen LogP contribution in [0.4, 0.5) is 5.82 Å². The number of ether oxygens (including phenoxy) is 1. The summed E-state index contributed by atoms with van der Waals surface area (Å²) in [6.45, 7) is 5.59. The molecule has 164 valence electrons. The highest BCUT2D eigenvalue weighted by atomic mass is 35.5. The molecular weight excluding hydrogens is 437 g/mol. The van der Waals surface area contributed by atoms with Gasteiger partial charge < -0.3 is 15.0 Å². The highest BCUT2D eigenvalue weighted by Crippen LogP contribution is 2.37. The lowest BCUT2D eigenvalue weighted by atomic mass is 9.79. The molecule has 0 bridgehead atoms. The summed E-state index contributed by atoms with van der Waals surface area (Å²) in [5.41, 5.74) is 1.42. The fourth-order valence-corrected chi connectivity index (χ4v) is 4.21. The van der Waals surface area contributed by atoms with Gasteiger partial charge >= 0.3 is 5.97 Å². The van der Waals surface area contributed by atoms with Gasteiger partial charge in [-0.15, -0.1) is 0 Å². The van der Waals surface area contributed by atoms with Gasteiger partial charge in [0.05, 0.1) is 39.5 Å². The lowest BCUT2D eigenvalue weighted by Gasteiger charge is -2.38. The molecule has 2 heterocycles. The van der Waals surface area contributed by atoms with Gasteiger partial charge in [0.1, 0.15) is 0 Å². The first-order valence-electron chi connectivity index (χ1n) is 10.2. The number of hydrogen-bond acceptors (Lipinski definition) is 7. The molecule has 1 aromatic carbocycles. The molecule has 0 atom stereocenters. The summed E-state index contributed by atoms with van der Waals surface area (Å²) in [7, 11) is 1.85. The first kappa shape index (κ1) is 23.3. The first-order valence-corrected chi connectivity index (χ1v) is 10.9. The van der Waals surface area contributed by atoms with E-state index in [1.54, 1.807) is 25.1 Å². The van der Waals surface area contributed by atoms with Crippen LogP contribution >= 0.6 is 23.2 Å². The minimum atomic E-state index is -0.545. The predicted octanol–water partition coefficient (Wildman–Crippen LogP) is 4.27. The Morgan fingerprint density at radius 1 is 1.32 bits per heavy atom. The second-order valence-corrected chi connectivity index (χ2v) is 8.35. The lowest BCUT2D eigenvalue weighted by molar-refractivity contribution is 0.0519. The van der Waals surface area contributed by atoms with Gasteiger partial charge in [0, 0.05) is 25.2 Å². The third-order valence-corrected chi connectivity index (χ3v) is 6.32. The Bertz CT molecular complexity index is 1010. The van der Waals surface area contributed by atoms with Crippen molar-refractivity contribution in [3.8, 4) is 17.3 Å². The molecule has 0 spiro atoms. The van der Waals surface area contributed by atoms with Crippen molar-refractivity contribution in [3.63, 3.8) is 0 Å². The summed E-state index contributed by atoms with van der Waals surface area (Å²) in [6.07, 6.45) is 1.32. The second kappa shape index (κ2) is 9.82. The number of benzene rings is 1. The molecule has 0 aliphatic carbocycles. The Morgan fingerprint density at radius 3 is 2.65 bits per heavy atom. The largest absolute Gasteiger partial charge is 0.461 e. The number of aromatic nitrogens is 2. The van der Waals surface area contributed by atoms with Crippen molar-refractivity contribution in [2.75, 3.05) is 38.2 Å². The van der Waals surface area contributed by atoms with Gasteiger partial charge in [0.15, 0.2) is 11.5 Å². The van der Waals surface area contributed by atoms with E-state index in [9.17, 15) is 10.1 Å². The minimum Gasteiger partial charge on any atom is -0.461 e. The number of hydrogen-bond donors (Lipinski definition) is 1. The van der Waals surface area contributed by atoms with Crippen LogP contribution < -0.4 is 10.2 Å². The number of anilines is 1. The van der Waals surface area contributed by atoms with Gasteiger partial charge in [0.2, 0.25) is 0 Å². The van der Waals surface area contributed by atoms with Gasteiger partial charge in [-0.2, -0.15) is 5.26 Å².